The average Bonchev–Trinajstić information content (AvgIpc) is 1.98. The molecular weight excluding hydrogens is 115 g/mol. The van der Waals surface area contributed by atoms with E-state index in [0.29, 0.717) is 0 Å². The smallest absolute Gasteiger partial charge is 0.338 e. The van der Waals surface area contributed by atoms with E-state index in [1.54, 1.807) is 0 Å². The molecule has 1 aliphatic heterocycles. The summed E-state index contributed by atoms with van der Waals surface area (Å²) in [5, 5.41) is 8.42. The quantitative estimate of drug-likeness (QED) is 0.427. The summed E-state index contributed by atoms with van der Waals surface area (Å²) in [5.74, 6) is -0.863. The molecule has 0 aromatic rings. The van der Waals surface area contributed by atoms with Crippen LogP contribution in [-0.2, 0) is 9.53 Å². The molecule has 2 atom stereocenters. The van der Waals surface area contributed by atoms with Gasteiger partial charge >= 0.3 is 5.97 Å². The van der Waals surface area contributed by atoms with Gasteiger partial charge in [-0.3, -0.25) is 0 Å². The molecule has 0 bridgehead atoms. The molecule has 0 spiro atoms. The van der Waals surface area contributed by atoms with Gasteiger partial charge in [-0.05, 0) is 0 Å². The largest absolute Gasteiger partial charge is 0.460 e. The van der Waals surface area contributed by atoms with E-state index in [4.69, 9.17) is 5.11 Å². The second-order valence-electron chi connectivity index (χ2n) is 1.59. The maximum atomic E-state index is 12.0. The standard InChI is InChI=1S/C4H5FO3/c5-2-1-8-4(7)3(2)6/h2-3,6H,1H2. The molecule has 3 nitrogen and oxygen atoms in total. The lowest BCUT2D eigenvalue weighted by molar-refractivity contribution is -0.144. The number of aliphatic hydroxyl groups excluding tert-OH is 1. The van der Waals surface area contributed by atoms with Gasteiger partial charge in [0.2, 0.25) is 0 Å². The fraction of sp³-hybridized carbons (Fsp3) is 0.750. The zero-order valence-corrected chi connectivity index (χ0v) is 4.00. The van der Waals surface area contributed by atoms with Crippen molar-refractivity contribution in [1.29, 1.82) is 0 Å². The Kier molecular flexibility index (Phi) is 1.17. The normalized spacial score (nSPS) is 37.5. The number of ether oxygens (including phenoxy) is 1. The monoisotopic (exact) mass is 120 g/mol. The summed E-state index contributed by atoms with van der Waals surface area (Å²) >= 11 is 0. The summed E-state index contributed by atoms with van der Waals surface area (Å²) in [7, 11) is 0. The molecule has 0 aromatic heterocycles. The Morgan fingerprint density at radius 2 is 2.50 bits per heavy atom. The van der Waals surface area contributed by atoms with Crippen LogP contribution in [0.5, 0.6) is 0 Å². The minimum atomic E-state index is -1.55. The molecule has 1 rings (SSSR count). The van der Waals surface area contributed by atoms with E-state index >= 15 is 0 Å². The average molecular weight is 120 g/mol. The first kappa shape index (κ1) is 5.50. The van der Waals surface area contributed by atoms with Gasteiger partial charge < -0.3 is 9.84 Å². The number of cyclic esters (lactones) is 1. The van der Waals surface area contributed by atoms with Crippen LogP contribution in [0, 0.1) is 0 Å². The molecule has 46 valence electrons. The first-order chi connectivity index (χ1) is 3.72. The van der Waals surface area contributed by atoms with Crippen molar-refractivity contribution >= 4 is 5.97 Å². The molecule has 1 heterocycles. The zero-order chi connectivity index (χ0) is 6.15. The van der Waals surface area contributed by atoms with Crippen LogP contribution in [0.1, 0.15) is 0 Å². The van der Waals surface area contributed by atoms with Gasteiger partial charge in [0.1, 0.15) is 6.61 Å². The number of aliphatic hydroxyl groups is 1. The lowest BCUT2D eigenvalue weighted by Gasteiger charge is -1.93. The SMILES string of the molecule is O=C1OCC(F)C1O. The topological polar surface area (TPSA) is 46.5 Å². The van der Waals surface area contributed by atoms with Crippen LogP contribution in [0.3, 0.4) is 0 Å². The van der Waals surface area contributed by atoms with Gasteiger partial charge in [-0.25, -0.2) is 9.18 Å². The molecule has 1 N–H and O–H groups in total. The van der Waals surface area contributed by atoms with E-state index in [9.17, 15) is 9.18 Å². The number of carbonyl (C=O) groups is 1. The zero-order valence-electron chi connectivity index (χ0n) is 4.00. The van der Waals surface area contributed by atoms with Gasteiger partial charge in [-0.15, -0.1) is 0 Å². The van der Waals surface area contributed by atoms with Crippen molar-refractivity contribution in [3.63, 3.8) is 0 Å². The van der Waals surface area contributed by atoms with Crippen molar-refractivity contribution in [1.82, 2.24) is 0 Å². The maximum absolute atomic E-state index is 12.0. The van der Waals surface area contributed by atoms with Gasteiger partial charge in [0.25, 0.3) is 0 Å². The maximum Gasteiger partial charge on any atom is 0.338 e. The van der Waals surface area contributed by atoms with Crippen molar-refractivity contribution in [3.8, 4) is 0 Å². The fourth-order valence-electron chi connectivity index (χ4n) is 0.486. The van der Waals surface area contributed by atoms with E-state index in [1.165, 1.54) is 0 Å². The minimum absolute atomic E-state index is 0.306. The van der Waals surface area contributed by atoms with E-state index < -0.39 is 18.2 Å². The Morgan fingerprint density at radius 1 is 1.88 bits per heavy atom. The van der Waals surface area contributed by atoms with Crippen molar-refractivity contribution < 1.29 is 19.0 Å². The van der Waals surface area contributed by atoms with Crippen LogP contribution in [-0.4, -0.2) is 30.0 Å². The molecule has 1 fully saturated rings. The fourth-order valence-corrected chi connectivity index (χ4v) is 0.486. The number of alkyl halides is 1. The molecule has 0 amide bonds. The Labute approximate surface area is 45.1 Å². The number of rotatable bonds is 0. The summed E-state index contributed by atoms with van der Waals surface area (Å²) in [6, 6.07) is 0. The highest BCUT2D eigenvalue weighted by atomic mass is 19.1. The Hall–Kier alpha value is -0.640. The number of halogens is 1. The number of carbonyl (C=O) groups excluding carboxylic acids is 1. The summed E-state index contributed by atoms with van der Waals surface area (Å²) in [6.07, 6.45) is -3.07. The molecule has 8 heavy (non-hydrogen) atoms. The molecule has 0 radical (unpaired) electrons. The van der Waals surface area contributed by atoms with Crippen molar-refractivity contribution in [3.05, 3.63) is 0 Å². The lowest BCUT2D eigenvalue weighted by Crippen LogP contribution is -2.22. The summed E-state index contributed by atoms with van der Waals surface area (Å²) in [4.78, 5) is 10.1. The van der Waals surface area contributed by atoms with Crippen molar-refractivity contribution in [2.45, 2.75) is 12.3 Å². The molecule has 0 aliphatic carbocycles. The second kappa shape index (κ2) is 1.70. The summed E-state index contributed by atoms with van der Waals surface area (Å²) in [5.41, 5.74) is 0. The highest BCUT2D eigenvalue weighted by Crippen LogP contribution is 2.09. The second-order valence-corrected chi connectivity index (χ2v) is 1.59. The number of esters is 1. The highest BCUT2D eigenvalue weighted by molar-refractivity contribution is 5.77. The number of hydrogen-bond acceptors (Lipinski definition) is 3. The first-order valence-corrected chi connectivity index (χ1v) is 2.20. The minimum Gasteiger partial charge on any atom is -0.460 e. The van der Waals surface area contributed by atoms with E-state index in [-0.39, 0.29) is 6.61 Å². The van der Waals surface area contributed by atoms with Crippen LogP contribution in [0.15, 0.2) is 0 Å². The molecule has 2 unspecified atom stereocenters. The van der Waals surface area contributed by atoms with Crippen LogP contribution < -0.4 is 0 Å². The highest BCUT2D eigenvalue weighted by Gasteiger charge is 2.34. The van der Waals surface area contributed by atoms with E-state index in [0.717, 1.165) is 0 Å². The molecule has 1 aliphatic rings. The van der Waals surface area contributed by atoms with Crippen LogP contribution in [0.4, 0.5) is 4.39 Å². The van der Waals surface area contributed by atoms with Crippen molar-refractivity contribution in [2.75, 3.05) is 6.61 Å². The van der Waals surface area contributed by atoms with Crippen LogP contribution >= 0.6 is 0 Å². The predicted octanol–water partition coefficient (Wildman–Crippen LogP) is -0.758. The Morgan fingerprint density at radius 3 is 2.62 bits per heavy atom. The predicted molar refractivity (Wildman–Crippen MR) is 21.9 cm³/mol. The third-order valence-electron chi connectivity index (χ3n) is 0.969. The molecule has 0 saturated carbocycles. The molecule has 4 heteroatoms. The molecule has 0 aromatic carbocycles. The first-order valence-electron chi connectivity index (χ1n) is 2.20. The third-order valence-corrected chi connectivity index (χ3v) is 0.969. The number of hydrogen-bond donors (Lipinski definition) is 1. The van der Waals surface area contributed by atoms with Crippen LogP contribution in [0.25, 0.3) is 0 Å². The molecule has 1 saturated heterocycles. The van der Waals surface area contributed by atoms with Gasteiger partial charge in [0.15, 0.2) is 12.3 Å². The lowest BCUT2D eigenvalue weighted by atomic mass is 10.3. The van der Waals surface area contributed by atoms with E-state index in [1.807, 2.05) is 0 Å². The van der Waals surface area contributed by atoms with Crippen LogP contribution in [0.2, 0.25) is 0 Å². The summed E-state index contributed by atoms with van der Waals surface area (Å²) < 4.78 is 16.1. The van der Waals surface area contributed by atoms with E-state index in [2.05, 4.69) is 4.74 Å². The van der Waals surface area contributed by atoms with Crippen molar-refractivity contribution in [2.24, 2.45) is 0 Å². The molecular formula is C4H5FO3. The van der Waals surface area contributed by atoms with Gasteiger partial charge in [-0.2, -0.15) is 0 Å². The van der Waals surface area contributed by atoms with Gasteiger partial charge in [-0.1, -0.05) is 0 Å². The third kappa shape index (κ3) is 0.667. The van der Waals surface area contributed by atoms with Gasteiger partial charge in [0.05, 0.1) is 0 Å². The van der Waals surface area contributed by atoms with Gasteiger partial charge in [0, 0.05) is 0 Å². The Bertz CT molecular complexity index is 114. The summed E-state index contributed by atoms with van der Waals surface area (Å²) in [6.45, 7) is -0.306. The Balaban J connectivity index is 2.56.